The van der Waals surface area contributed by atoms with E-state index in [1.807, 2.05) is 38.1 Å². The summed E-state index contributed by atoms with van der Waals surface area (Å²) < 4.78 is 0. The van der Waals surface area contributed by atoms with Crippen LogP contribution in [-0.4, -0.2) is 46.7 Å². The maximum absolute atomic E-state index is 13.2. The molecule has 0 aromatic heterocycles. The predicted octanol–water partition coefficient (Wildman–Crippen LogP) is 4.18. The molecule has 2 aliphatic heterocycles. The summed E-state index contributed by atoms with van der Waals surface area (Å²) in [6, 6.07) is 13.7. The lowest BCUT2D eigenvalue weighted by atomic mass is 9.99. The van der Waals surface area contributed by atoms with Gasteiger partial charge in [0.25, 0.3) is 11.8 Å². The Kier molecular flexibility index (Phi) is 6.42. The van der Waals surface area contributed by atoms with Crippen LogP contribution in [0.4, 0.5) is 5.69 Å². The van der Waals surface area contributed by atoms with E-state index >= 15 is 0 Å². The Hall–Kier alpha value is -2.99. The molecule has 0 aliphatic carbocycles. The molecule has 1 unspecified atom stereocenters. The summed E-state index contributed by atoms with van der Waals surface area (Å²) in [6.45, 7) is 9.14. The quantitative estimate of drug-likeness (QED) is 0.694. The molecule has 0 saturated carbocycles. The number of carbonyl (C=O) groups is 3. The van der Waals surface area contributed by atoms with E-state index in [9.17, 15) is 14.4 Å². The smallest absolute Gasteiger partial charge is 0.262 e. The van der Waals surface area contributed by atoms with Crippen molar-refractivity contribution in [3.63, 3.8) is 0 Å². The van der Waals surface area contributed by atoms with E-state index in [4.69, 9.17) is 0 Å². The first-order chi connectivity index (χ1) is 15.3. The van der Waals surface area contributed by atoms with Crippen molar-refractivity contribution in [1.29, 1.82) is 0 Å². The van der Waals surface area contributed by atoms with Gasteiger partial charge in [0, 0.05) is 12.2 Å². The number of imide groups is 1. The van der Waals surface area contributed by atoms with E-state index in [1.54, 1.807) is 24.3 Å². The van der Waals surface area contributed by atoms with Gasteiger partial charge in [0.15, 0.2) is 0 Å². The molecule has 0 bridgehead atoms. The third kappa shape index (κ3) is 4.46. The third-order valence-electron chi connectivity index (χ3n) is 6.51. The summed E-state index contributed by atoms with van der Waals surface area (Å²) in [6.07, 6.45) is 2.48. The average Bonchev–Trinajstić information content (AvgIpc) is 3.02. The fourth-order valence-corrected chi connectivity index (χ4v) is 4.57. The monoisotopic (exact) mass is 433 g/mol. The Morgan fingerprint density at radius 2 is 1.53 bits per heavy atom. The number of rotatable bonds is 6. The number of nitrogens with zero attached hydrogens (tertiary/aromatic N) is 2. The number of anilines is 1. The highest BCUT2D eigenvalue weighted by Crippen LogP contribution is 2.28. The standard InChI is InChI=1S/C26H31N3O3/c1-17(2)23(29-25(31)21-6-4-5-7-22(21)26(29)32)24(30)27-20-10-8-19(9-11-20)16-28-14-12-18(3)13-15-28/h4-11,17-18,23H,12-16H2,1-3H3,(H,27,30). The van der Waals surface area contributed by atoms with Crippen molar-refractivity contribution in [2.75, 3.05) is 18.4 Å². The number of benzene rings is 2. The highest BCUT2D eigenvalue weighted by Gasteiger charge is 2.43. The number of nitrogens with one attached hydrogen (secondary N) is 1. The van der Waals surface area contributed by atoms with Crippen LogP contribution in [0.2, 0.25) is 0 Å². The Labute approximate surface area is 189 Å². The molecule has 0 spiro atoms. The van der Waals surface area contributed by atoms with Crippen LogP contribution in [0.15, 0.2) is 48.5 Å². The molecule has 2 aromatic rings. The maximum Gasteiger partial charge on any atom is 0.262 e. The van der Waals surface area contributed by atoms with Gasteiger partial charge in [-0.2, -0.15) is 0 Å². The molecule has 1 N–H and O–H groups in total. The van der Waals surface area contributed by atoms with Gasteiger partial charge in [0.2, 0.25) is 5.91 Å². The highest BCUT2D eigenvalue weighted by atomic mass is 16.2. The number of amides is 3. The van der Waals surface area contributed by atoms with E-state index in [-0.39, 0.29) is 11.8 Å². The van der Waals surface area contributed by atoms with E-state index in [0.717, 1.165) is 30.5 Å². The predicted molar refractivity (Wildman–Crippen MR) is 124 cm³/mol. The molecule has 6 nitrogen and oxygen atoms in total. The molecule has 2 heterocycles. The van der Waals surface area contributed by atoms with E-state index < -0.39 is 17.9 Å². The normalized spacial score (nSPS) is 18.2. The van der Waals surface area contributed by atoms with Gasteiger partial charge in [-0.25, -0.2) is 0 Å². The summed E-state index contributed by atoms with van der Waals surface area (Å²) >= 11 is 0. The van der Waals surface area contributed by atoms with Crippen LogP contribution in [-0.2, 0) is 11.3 Å². The Morgan fingerprint density at radius 3 is 2.06 bits per heavy atom. The molecule has 1 atom stereocenters. The van der Waals surface area contributed by atoms with Crippen molar-refractivity contribution in [2.45, 2.75) is 46.2 Å². The van der Waals surface area contributed by atoms with Gasteiger partial charge >= 0.3 is 0 Å². The summed E-state index contributed by atoms with van der Waals surface area (Å²) in [5.41, 5.74) is 2.58. The lowest BCUT2D eigenvalue weighted by Gasteiger charge is -2.30. The van der Waals surface area contributed by atoms with Crippen LogP contribution in [0.3, 0.4) is 0 Å². The Bertz CT molecular complexity index is 972. The lowest BCUT2D eigenvalue weighted by Crippen LogP contribution is -2.50. The van der Waals surface area contributed by atoms with Crippen molar-refractivity contribution < 1.29 is 14.4 Å². The molecule has 3 amide bonds. The SMILES string of the molecule is CC1CCN(Cc2ccc(NC(=O)C(C(C)C)N3C(=O)c4ccccc4C3=O)cc2)CC1. The molecule has 32 heavy (non-hydrogen) atoms. The number of fused-ring (bicyclic) bond motifs is 1. The van der Waals surface area contributed by atoms with Crippen LogP contribution < -0.4 is 5.32 Å². The molecular formula is C26H31N3O3. The van der Waals surface area contributed by atoms with Crippen LogP contribution >= 0.6 is 0 Å². The minimum atomic E-state index is -0.877. The van der Waals surface area contributed by atoms with Crippen molar-refractivity contribution in [3.05, 3.63) is 65.2 Å². The fourth-order valence-electron chi connectivity index (χ4n) is 4.57. The van der Waals surface area contributed by atoms with E-state index in [0.29, 0.717) is 16.8 Å². The first-order valence-corrected chi connectivity index (χ1v) is 11.4. The minimum Gasteiger partial charge on any atom is -0.324 e. The van der Waals surface area contributed by atoms with Crippen LogP contribution in [0.25, 0.3) is 0 Å². The molecule has 4 rings (SSSR count). The number of carbonyl (C=O) groups excluding carboxylic acids is 3. The number of piperidine rings is 1. The third-order valence-corrected chi connectivity index (χ3v) is 6.51. The van der Waals surface area contributed by atoms with Gasteiger partial charge in [0.05, 0.1) is 11.1 Å². The van der Waals surface area contributed by atoms with Gasteiger partial charge in [-0.1, -0.05) is 45.0 Å². The number of likely N-dealkylation sites (tertiary alicyclic amines) is 1. The van der Waals surface area contributed by atoms with Crippen molar-refractivity contribution in [2.24, 2.45) is 11.8 Å². The largest absolute Gasteiger partial charge is 0.324 e. The zero-order valence-corrected chi connectivity index (χ0v) is 19.0. The molecule has 0 radical (unpaired) electrons. The maximum atomic E-state index is 13.2. The van der Waals surface area contributed by atoms with Gasteiger partial charge in [-0.3, -0.25) is 24.2 Å². The summed E-state index contributed by atoms with van der Waals surface area (Å²) in [4.78, 5) is 42.5. The number of hydrogen-bond donors (Lipinski definition) is 1. The molecule has 6 heteroatoms. The van der Waals surface area contributed by atoms with Crippen LogP contribution in [0, 0.1) is 11.8 Å². The molecule has 168 valence electrons. The molecule has 2 aromatic carbocycles. The first-order valence-electron chi connectivity index (χ1n) is 11.4. The molecule has 1 saturated heterocycles. The molecular weight excluding hydrogens is 402 g/mol. The summed E-state index contributed by atoms with van der Waals surface area (Å²) in [5, 5.41) is 2.91. The molecule has 1 fully saturated rings. The van der Waals surface area contributed by atoms with Gasteiger partial charge < -0.3 is 5.32 Å². The highest BCUT2D eigenvalue weighted by molar-refractivity contribution is 6.23. The van der Waals surface area contributed by atoms with Gasteiger partial charge in [-0.15, -0.1) is 0 Å². The zero-order valence-electron chi connectivity index (χ0n) is 19.0. The topological polar surface area (TPSA) is 69.7 Å². The summed E-state index contributed by atoms with van der Waals surface area (Å²) in [7, 11) is 0. The van der Waals surface area contributed by atoms with E-state index in [1.165, 1.54) is 18.4 Å². The number of hydrogen-bond acceptors (Lipinski definition) is 4. The van der Waals surface area contributed by atoms with Gasteiger partial charge in [0.1, 0.15) is 6.04 Å². The second-order valence-corrected chi connectivity index (χ2v) is 9.36. The second-order valence-electron chi connectivity index (χ2n) is 9.36. The van der Waals surface area contributed by atoms with Gasteiger partial charge in [-0.05, 0) is 67.6 Å². The fraction of sp³-hybridized carbons (Fsp3) is 0.423. The van der Waals surface area contributed by atoms with Crippen molar-refractivity contribution >= 4 is 23.4 Å². The molecule has 2 aliphatic rings. The lowest BCUT2D eigenvalue weighted by molar-refractivity contribution is -0.121. The summed E-state index contributed by atoms with van der Waals surface area (Å²) in [5.74, 6) is -0.596. The van der Waals surface area contributed by atoms with E-state index in [2.05, 4.69) is 17.1 Å². The van der Waals surface area contributed by atoms with Crippen LogP contribution in [0.5, 0.6) is 0 Å². The van der Waals surface area contributed by atoms with Crippen LogP contribution in [0.1, 0.15) is 59.9 Å². The Morgan fingerprint density at radius 1 is 0.969 bits per heavy atom. The zero-order chi connectivity index (χ0) is 22.8. The average molecular weight is 434 g/mol. The Balaban J connectivity index is 1.44. The van der Waals surface area contributed by atoms with Crippen molar-refractivity contribution in [3.8, 4) is 0 Å². The first kappa shape index (κ1) is 22.2. The van der Waals surface area contributed by atoms with Crippen molar-refractivity contribution in [1.82, 2.24) is 9.80 Å². The second kappa shape index (κ2) is 9.25. The minimum absolute atomic E-state index is 0.224.